The number of hydrogen-bond acceptors (Lipinski definition) is 6. The molecule has 8 nitrogen and oxygen atoms in total. The second-order valence-electron chi connectivity index (χ2n) is 4.22. The highest BCUT2D eigenvalue weighted by Crippen LogP contribution is 2.29. The van der Waals surface area contributed by atoms with E-state index in [4.69, 9.17) is 21.9 Å². The Labute approximate surface area is 133 Å². The number of carbonyl (C=O) groups excluding carboxylic acids is 1. The number of benzene rings is 1. The number of nitrogen functional groups attached to an aromatic ring is 2. The van der Waals surface area contributed by atoms with Gasteiger partial charge in [-0.15, -0.1) is 0 Å². The fraction of sp³-hybridized carbons (Fsp3) is 0.267. The molecule has 0 spiro atoms. The first-order valence-corrected chi connectivity index (χ1v) is 7.16. The molecule has 0 bridgehead atoms. The van der Waals surface area contributed by atoms with Crippen LogP contribution in [0.25, 0.3) is 11.4 Å². The number of aromatic amines is 1. The molecular weight excluding hydrogens is 298 g/mol. The van der Waals surface area contributed by atoms with Gasteiger partial charge in [-0.05, 0) is 25.1 Å². The number of aromatic nitrogens is 2. The van der Waals surface area contributed by atoms with Crippen LogP contribution in [0.2, 0.25) is 0 Å². The Balaban J connectivity index is 0.00000127. The van der Waals surface area contributed by atoms with Crippen LogP contribution in [-0.2, 0) is 0 Å². The van der Waals surface area contributed by atoms with Gasteiger partial charge in [-0.3, -0.25) is 9.59 Å². The number of ether oxygens (including phenoxy) is 1. The molecule has 0 unspecified atom stereocenters. The average molecular weight is 319 g/mol. The number of anilines is 2. The summed E-state index contributed by atoms with van der Waals surface area (Å²) in [6.45, 7) is 6.15. The molecule has 1 aromatic carbocycles. The predicted molar refractivity (Wildman–Crippen MR) is 90.2 cm³/mol. The van der Waals surface area contributed by atoms with E-state index in [1.807, 2.05) is 13.8 Å². The SMILES string of the molecule is CC.CCOc1cc(C(N)=O)ccc1-c1nc(N)c(N)c(=O)[nH]1. The molecule has 0 aliphatic carbocycles. The summed E-state index contributed by atoms with van der Waals surface area (Å²) in [4.78, 5) is 29.4. The highest BCUT2D eigenvalue weighted by Gasteiger charge is 2.14. The Kier molecular flexibility index (Phi) is 6.13. The van der Waals surface area contributed by atoms with Crippen LogP contribution in [0.5, 0.6) is 5.75 Å². The lowest BCUT2D eigenvalue weighted by atomic mass is 10.1. The average Bonchev–Trinajstić information content (AvgIpc) is 2.54. The van der Waals surface area contributed by atoms with Gasteiger partial charge in [0.05, 0.1) is 12.2 Å². The summed E-state index contributed by atoms with van der Waals surface area (Å²) < 4.78 is 5.45. The number of nitrogens with one attached hydrogen (secondary N) is 1. The summed E-state index contributed by atoms with van der Waals surface area (Å²) in [5.74, 6) is -0.0942. The second kappa shape index (κ2) is 7.83. The highest BCUT2D eigenvalue weighted by atomic mass is 16.5. The minimum absolute atomic E-state index is 0.0739. The lowest BCUT2D eigenvalue weighted by Crippen LogP contribution is -2.17. The van der Waals surface area contributed by atoms with Gasteiger partial charge in [-0.25, -0.2) is 4.98 Å². The Bertz CT molecular complexity index is 755. The van der Waals surface area contributed by atoms with Gasteiger partial charge in [0, 0.05) is 5.56 Å². The molecule has 1 heterocycles. The lowest BCUT2D eigenvalue weighted by molar-refractivity contribution is 0.1000. The Morgan fingerprint density at radius 2 is 1.96 bits per heavy atom. The molecule has 0 saturated heterocycles. The third kappa shape index (κ3) is 4.00. The molecule has 0 fully saturated rings. The summed E-state index contributed by atoms with van der Waals surface area (Å²) in [6.07, 6.45) is 0. The smallest absolute Gasteiger partial charge is 0.276 e. The molecule has 1 aromatic heterocycles. The molecular formula is C15H21N5O3. The number of rotatable bonds is 4. The zero-order valence-electron chi connectivity index (χ0n) is 13.3. The second-order valence-corrected chi connectivity index (χ2v) is 4.22. The van der Waals surface area contributed by atoms with E-state index < -0.39 is 11.5 Å². The zero-order valence-corrected chi connectivity index (χ0v) is 13.3. The van der Waals surface area contributed by atoms with Crippen molar-refractivity contribution in [2.75, 3.05) is 18.1 Å². The molecule has 0 aliphatic heterocycles. The van der Waals surface area contributed by atoms with Gasteiger partial charge in [0.1, 0.15) is 17.3 Å². The first kappa shape index (κ1) is 18.0. The van der Waals surface area contributed by atoms with Crippen molar-refractivity contribution < 1.29 is 9.53 Å². The van der Waals surface area contributed by atoms with Crippen LogP contribution in [0.1, 0.15) is 31.1 Å². The van der Waals surface area contributed by atoms with Gasteiger partial charge >= 0.3 is 0 Å². The number of hydrogen-bond donors (Lipinski definition) is 4. The monoisotopic (exact) mass is 319 g/mol. The summed E-state index contributed by atoms with van der Waals surface area (Å²) >= 11 is 0. The Morgan fingerprint density at radius 3 is 2.48 bits per heavy atom. The van der Waals surface area contributed by atoms with Crippen molar-refractivity contribution in [2.24, 2.45) is 5.73 Å². The maximum Gasteiger partial charge on any atom is 0.276 e. The van der Waals surface area contributed by atoms with Crippen molar-refractivity contribution in [3.63, 3.8) is 0 Å². The van der Waals surface area contributed by atoms with Gasteiger partial charge in [0.25, 0.3) is 5.56 Å². The first-order valence-electron chi connectivity index (χ1n) is 7.16. The number of H-pyrrole nitrogens is 1. The number of amides is 1. The molecule has 0 radical (unpaired) electrons. The molecule has 0 atom stereocenters. The van der Waals surface area contributed by atoms with Crippen molar-refractivity contribution in [1.29, 1.82) is 0 Å². The largest absolute Gasteiger partial charge is 0.493 e. The van der Waals surface area contributed by atoms with Crippen LogP contribution >= 0.6 is 0 Å². The summed E-state index contributed by atoms with van der Waals surface area (Å²) in [7, 11) is 0. The van der Waals surface area contributed by atoms with Gasteiger partial charge < -0.3 is 26.9 Å². The number of nitrogens with zero attached hydrogens (tertiary/aromatic N) is 1. The first-order chi connectivity index (χ1) is 10.9. The molecule has 124 valence electrons. The van der Waals surface area contributed by atoms with Crippen molar-refractivity contribution in [3.8, 4) is 17.1 Å². The van der Waals surface area contributed by atoms with Gasteiger partial charge in [-0.1, -0.05) is 13.8 Å². The van der Waals surface area contributed by atoms with Gasteiger partial charge in [0.2, 0.25) is 5.91 Å². The van der Waals surface area contributed by atoms with E-state index in [0.717, 1.165) is 0 Å². The molecule has 7 N–H and O–H groups in total. The number of primary amides is 1. The van der Waals surface area contributed by atoms with Crippen molar-refractivity contribution in [3.05, 3.63) is 34.1 Å². The minimum Gasteiger partial charge on any atom is -0.493 e. The van der Waals surface area contributed by atoms with E-state index in [0.29, 0.717) is 17.9 Å². The molecule has 0 aliphatic rings. The molecule has 0 saturated carbocycles. The standard InChI is InChI=1S/C13H15N5O3.C2H6/c1-2-21-8-5-6(11(16)19)3-4-7(8)12-17-10(15)9(14)13(20)18-12;1-2/h3-5H,2,14H2,1H3,(H2,16,19)(H3,15,17,18,20);1-2H3. The maximum absolute atomic E-state index is 11.7. The Hall–Kier alpha value is -3.03. The van der Waals surface area contributed by atoms with E-state index in [1.54, 1.807) is 13.0 Å². The molecule has 8 heteroatoms. The molecule has 1 amide bonds. The normalized spacial score (nSPS) is 9.70. The topological polar surface area (TPSA) is 150 Å². The van der Waals surface area contributed by atoms with Crippen LogP contribution in [0.3, 0.4) is 0 Å². The molecule has 2 aromatic rings. The van der Waals surface area contributed by atoms with Gasteiger partial charge in [0.15, 0.2) is 5.82 Å². The van der Waals surface area contributed by atoms with Crippen LogP contribution in [0.15, 0.2) is 23.0 Å². The van der Waals surface area contributed by atoms with Crippen molar-refractivity contribution >= 4 is 17.4 Å². The van der Waals surface area contributed by atoms with E-state index in [2.05, 4.69) is 9.97 Å². The predicted octanol–water partition coefficient (Wildman–Crippen LogP) is 1.13. The minimum atomic E-state index is -0.583. The zero-order chi connectivity index (χ0) is 17.6. The fourth-order valence-electron chi connectivity index (χ4n) is 1.77. The molecule has 2 rings (SSSR count). The highest BCUT2D eigenvalue weighted by molar-refractivity contribution is 5.94. The third-order valence-corrected chi connectivity index (χ3v) is 2.81. The summed E-state index contributed by atoms with van der Waals surface area (Å²) in [5.41, 5.74) is 16.4. The molecule has 23 heavy (non-hydrogen) atoms. The van der Waals surface area contributed by atoms with Crippen LogP contribution in [-0.4, -0.2) is 22.5 Å². The van der Waals surface area contributed by atoms with E-state index in [1.165, 1.54) is 12.1 Å². The van der Waals surface area contributed by atoms with Crippen molar-refractivity contribution in [2.45, 2.75) is 20.8 Å². The van der Waals surface area contributed by atoms with Gasteiger partial charge in [-0.2, -0.15) is 0 Å². The Morgan fingerprint density at radius 1 is 1.30 bits per heavy atom. The van der Waals surface area contributed by atoms with Crippen LogP contribution < -0.4 is 27.5 Å². The van der Waals surface area contributed by atoms with E-state index in [9.17, 15) is 9.59 Å². The number of carbonyl (C=O) groups is 1. The summed E-state index contributed by atoms with van der Waals surface area (Å²) in [6, 6.07) is 4.55. The summed E-state index contributed by atoms with van der Waals surface area (Å²) in [5, 5.41) is 0. The van der Waals surface area contributed by atoms with Crippen LogP contribution in [0, 0.1) is 0 Å². The fourth-order valence-corrected chi connectivity index (χ4v) is 1.77. The van der Waals surface area contributed by atoms with Crippen LogP contribution in [0.4, 0.5) is 11.5 Å². The van der Waals surface area contributed by atoms with E-state index >= 15 is 0 Å². The lowest BCUT2D eigenvalue weighted by Gasteiger charge is -2.11. The maximum atomic E-state index is 11.7. The van der Waals surface area contributed by atoms with E-state index in [-0.39, 0.29) is 22.9 Å². The van der Waals surface area contributed by atoms with Crippen molar-refractivity contribution in [1.82, 2.24) is 9.97 Å². The number of nitrogens with two attached hydrogens (primary N) is 3. The quantitative estimate of drug-likeness (QED) is 0.663. The third-order valence-electron chi connectivity index (χ3n) is 2.81.